The van der Waals surface area contributed by atoms with Crippen molar-refractivity contribution in [3.05, 3.63) is 45.8 Å². The van der Waals surface area contributed by atoms with Gasteiger partial charge in [0.05, 0.1) is 0 Å². The van der Waals surface area contributed by atoms with Gasteiger partial charge in [-0.1, -0.05) is 29.4 Å². The monoisotopic (exact) mass is 258 g/mol. The second-order valence-electron chi connectivity index (χ2n) is 4.83. The molecule has 1 amide bonds. The highest BCUT2D eigenvalue weighted by molar-refractivity contribution is 5.80. The van der Waals surface area contributed by atoms with Gasteiger partial charge < -0.3 is 5.32 Å². The summed E-state index contributed by atoms with van der Waals surface area (Å²) >= 11 is 0. The predicted molar refractivity (Wildman–Crippen MR) is 73.6 cm³/mol. The Kier molecular flexibility index (Phi) is 4.81. The van der Waals surface area contributed by atoms with Gasteiger partial charge >= 0.3 is 0 Å². The van der Waals surface area contributed by atoms with Gasteiger partial charge in [-0.2, -0.15) is 0 Å². The highest BCUT2D eigenvalue weighted by Gasteiger charge is 2.26. The summed E-state index contributed by atoms with van der Waals surface area (Å²) in [6, 6.07) is 8.24. The number of nitrogens with zero attached hydrogens (tertiary/aromatic N) is 3. The zero-order valence-corrected chi connectivity index (χ0v) is 10.9. The first kappa shape index (κ1) is 13.4. The first-order valence-electron chi connectivity index (χ1n) is 6.66. The van der Waals surface area contributed by atoms with E-state index in [2.05, 4.69) is 27.5 Å². The van der Waals surface area contributed by atoms with E-state index in [1.54, 1.807) is 0 Å². The molecule has 0 saturated heterocycles. The molecular weight excluding hydrogens is 240 g/mol. The summed E-state index contributed by atoms with van der Waals surface area (Å²) in [5.41, 5.74) is 10.7. The lowest BCUT2D eigenvalue weighted by molar-refractivity contribution is -0.124. The van der Waals surface area contributed by atoms with E-state index in [0.29, 0.717) is 13.1 Å². The molecule has 1 N–H and O–H groups in total. The van der Waals surface area contributed by atoms with Crippen molar-refractivity contribution in [1.29, 1.82) is 0 Å². The molecule has 0 saturated carbocycles. The first-order valence-corrected chi connectivity index (χ1v) is 6.66. The van der Waals surface area contributed by atoms with E-state index in [4.69, 9.17) is 5.53 Å². The molecule has 2 rings (SSSR count). The van der Waals surface area contributed by atoms with E-state index in [9.17, 15) is 4.79 Å². The van der Waals surface area contributed by atoms with Gasteiger partial charge in [-0.05, 0) is 42.3 Å². The van der Waals surface area contributed by atoms with E-state index >= 15 is 0 Å². The van der Waals surface area contributed by atoms with Crippen LogP contribution >= 0.6 is 0 Å². The van der Waals surface area contributed by atoms with Gasteiger partial charge in [-0.15, -0.1) is 0 Å². The van der Waals surface area contributed by atoms with Crippen LogP contribution in [0.4, 0.5) is 0 Å². The number of fused-ring (bicyclic) bond motifs is 1. The normalized spacial score (nSPS) is 13.7. The Morgan fingerprint density at radius 1 is 1.32 bits per heavy atom. The smallest absolute Gasteiger partial charge is 0.223 e. The van der Waals surface area contributed by atoms with Crippen molar-refractivity contribution < 1.29 is 4.79 Å². The van der Waals surface area contributed by atoms with Crippen molar-refractivity contribution in [3.63, 3.8) is 0 Å². The summed E-state index contributed by atoms with van der Waals surface area (Å²) in [7, 11) is 0. The van der Waals surface area contributed by atoms with Crippen LogP contribution in [0.1, 0.15) is 24.0 Å². The first-order chi connectivity index (χ1) is 9.31. The molecule has 0 heterocycles. The molecule has 0 spiro atoms. The van der Waals surface area contributed by atoms with Crippen molar-refractivity contribution in [2.75, 3.05) is 13.1 Å². The van der Waals surface area contributed by atoms with Crippen LogP contribution in [0, 0.1) is 5.92 Å². The maximum absolute atomic E-state index is 12.0. The highest BCUT2D eigenvalue weighted by atomic mass is 16.1. The third-order valence-electron chi connectivity index (χ3n) is 3.47. The van der Waals surface area contributed by atoms with Gasteiger partial charge in [0.1, 0.15) is 0 Å². The van der Waals surface area contributed by atoms with Crippen molar-refractivity contribution in [1.82, 2.24) is 5.32 Å². The Hall–Kier alpha value is -2.00. The van der Waals surface area contributed by atoms with Crippen LogP contribution in [0.25, 0.3) is 10.4 Å². The number of azide groups is 1. The molecule has 0 aromatic heterocycles. The van der Waals surface area contributed by atoms with Crippen LogP contribution in [0.2, 0.25) is 0 Å². The fourth-order valence-corrected chi connectivity index (χ4v) is 2.45. The number of benzene rings is 1. The predicted octanol–water partition coefficient (Wildman–Crippen LogP) is 2.61. The fraction of sp³-hybridized carbons (Fsp3) is 0.500. The molecule has 1 aromatic rings. The van der Waals surface area contributed by atoms with Gasteiger partial charge in [-0.3, -0.25) is 4.79 Å². The van der Waals surface area contributed by atoms with E-state index in [-0.39, 0.29) is 11.8 Å². The molecule has 1 aliphatic carbocycles. The SMILES string of the molecule is [N-]=[N+]=NCCCCNC(=O)C1Cc2ccccc2C1. The Morgan fingerprint density at radius 2 is 2.00 bits per heavy atom. The molecule has 0 aliphatic heterocycles. The standard InChI is InChI=1S/C14H18N4O/c15-18-17-8-4-3-7-16-14(19)13-9-11-5-1-2-6-12(11)10-13/h1-2,5-6,13H,3-4,7-10H2,(H,16,19). The van der Waals surface area contributed by atoms with Crippen molar-refractivity contribution in [2.24, 2.45) is 11.0 Å². The summed E-state index contributed by atoms with van der Waals surface area (Å²) in [5, 5.41) is 6.42. The average Bonchev–Trinajstić information content (AvgIpc) is 2.86. The molecule has 100 valence electrons. The number of amides is 1. The number of carbonyl (C=O) groups excluding carboxylic acids is 1. The lowest BCUT2D eigenvalue weighted by atomic mass is 10.1. The van der Waals surface area contributed by atoms with E-state index in [1.165, 1.54) is 11.1 Å². The minimum atomic E-state index is 0.0783. The molecule has 1 aliphatic rings. The number of hydrogen-bond donors (Lipinski definition) is 1. The second kappa shape index (κ2) is 6.81. The minimum absolute atomic E-state index is 0.0783. The van der Waals surface area contributed by atoms with Gasteiger partial charge in [0.15, 0.2) is 0 Å². The molecule has 0 unspecified atom stereocenters. The number of carbonyl (C=O) groups is 1. The zero-order chi connectivity index (χ0) is 13.5. The minimum Gasteiger partial charge on any atom is -0.356 e. The van der Waals surface area contributed by atoms with Crippen molar-refractivity contribution in [2.45, 2.75) is 25.7 Å². The van der Waals surface area contributed by atoms with Crippen LogP contribution in [0.5, 0.6) is 0 Å². The third-order valence-corrected chi connectivity index (χ3v) is 3.47. The molecule has 0 fully saturated rings. The number of unbranched alkanes of at least 4 members (excludes halogenated alkanes) is 1. The highest BCUT2D eigenvalue weighted by Crippen LogP contribution is 2.26. The Labute approximate surface area is 112 Å². The average molecular weight is 258 g/mol. The number of rotatable bonds is 6. The lowest BCUT2D eigenvalue weighted by Gasteiger charge is -2.09. The Morgan fingerprint density at radius 3 is 2.63 bits per heavy atom. The van der Waals surface area contributed by atoms with Crippen molar-refractivity contribution in [3.8, 4) is 0 Å². The van der Waals surface area contributed by atoms with E-state index in [0.717, 1.165) is 25.7 Å². The van der Waals surface area contributed by atoms with Crippen LogP contribution in [-0.4, -0.2) is 19.0 Å². The van der Waals surface area contributed by atoms with Crippen LogP contribution in [-0.2, 0) is 17.6 Å². The lowest BCUT2D eigenvalue weighted by Crippen LogP contribution is -2.31. The summed E-state index contributed by atoms with van der Waals surface area (Å²) in [4.78, 5) is 14.7. The van der Waals surface area contributed by atoms with E-state index < -0.39 is 0 Å². The van der Waals surface area contributed by atoms with Crippen LogP contribution in [0.3, 0.4) is 0 Å². The maximum Gasteiger partial charge on any atom is 0.223 e. The molecule has 19 heavy (non-hydrogen) atoms. The molecule has 0 atom stereocenters. The van der Waals surface area contributed by atoms with Gasteiger partial charge in [0.25, 0.3) is 0 Å². The largest absolute Gasteiger partial charge is 0.356 e. The van der Waals surface area contributed by atoms with Gasteiger partial charge in [0.2, 0.25) is 5.91 Å². The molecule has 5 heteroatoms. The quantitative estimate of drug-likeness (QED) is 0.362. The number of nitrogens with one attached hydrogen (secondary N) is 1. The van der Waals surface area contributed by atoms with E-state index in [1.807, 2.05) is 12.1 Å². The molecule has 5 nitrogen and oxygen atoms in total. The van der Waals surface area contributed by atoms with Crippen molar-refractivity contribution >= 4 is 5.91 Å². The summed E-state index contributed by atoms with van der Waals surface area (Å²) in [6.45, 7) is 1.16. The topological polar surface area (TPSA) is 77.9 Å². The molecule has 1 aromatic carbocycles. The Bertz CT molecular complexity index is 469. The number of hydrogen-bond acceptors (Lipinski definition) is 2. The van der Waals surface area contributed by atoms with Crippen LogP contribution < -0.4 is 5.32 Å². The second-order valence-corrected chi connectivity index (χ2v) is 4.83. The van der Waals surface area contributed by atoms with Crippen LogP contribution in [0.15, 0.2) is 29.4 Å². The molecular formula is C14H18N4O. The summed E-state index contributed by atoms with van der Waals surface area (Å²) < 4.78 is 0. The maximum atomic E-state index is 12.0. The molecule has 0 radical (unpaired) electrons. The Balaban J connectivity index is 1.70. The van der Waals surface area contributed by atoms with Gasteiger partial charge in [-0.25, -0.2) is 0 Å². The molecule has 0 bridgehead atoms. The third kappa shape index (κ3) is 3.73. The zero-order valence-electron chi connectivity index (χ0n) is 10.9. The summed E-state index contributed by atoms with van der Waals surface area (Å²) in [5.74, 6) is 0.217. The summed E-state index contributed by atoms with van der Waals surface area (Å²) in [6.07, 6.45) is 3.36. The van der Waals surface area contributed by atoms with Gasteiger partial charge in [0, 0.05) is 23.9 Å². The fourth-order valence-electron chi connectivity index (χ4n) is 2.45.